The summed E-state index contributed by atoms with van der Waals surface area (Å²) in [5.41, 5.74) is 6.37. The normalized spacial score (nSPS) is 11.2. The molecule has 0 aliphatic rings. The summed E-state index contributed by atoms with van der Waals surface area (Å²) in [6.07, 6.45) is 0. The molecule has 6 heteroatoms. The Hall–Kier alpha value is -0.910. The van der Waals surface area contributed by atoms with Gasteiger partial charge in [0.1, 0.15) is 0 Å². The van der Waals surface area contributed by atoms with Crippen molar-refractivity contribution in [3.8, 4) is 11.4 Å². The van der Waals surface area contributed by atoms with Crippen LogP contribution >= 0.6 is 23.7 Å². The SMILES string of the molecule is CC(C)(CN)c1nc(-c2ccsc2)no1.Cl. The maximum atomic E-state index is 5.64. The van der Waals surface area contributed by atoms with Gasteiger partial charge in [-0.05, 0) is 25.3 Å². The van der Waals surface area contributed by atoms with Crippen LogP contribution in [-0.4, -0.2) is 16.7 Å². The first-order valence-corrected chi connectivity index (χ1v) is 5.64. The molecule has 2 rings (SSSR count). The van der Waals surface area contributed by atoms with E-state index in [1.165, 1.54) is 0 Å². The topological polar surface area (TPSA) is 64.9 Å². The van der Waals surface area contributed by atoms with Crippen LogP contribution in [0.1, 0.15) is 19.7 Å². The molecule has 0 saturated heterocycles. The molecule has 4 nitrogen and oxygen atoms in total. The average Bonchev–Trinajstić information content (AvgIpc) is 2.88. The van der Waals surface area contributed by atoms with Gasteiger partial charge < -0.3 is 10.3 Å². The van der Waals surface area contributed by atoms with Gasteiger partial charge in [-0.15, -0.1) is 12.4 Å². The zero-order valence-electron chi connectivity index (χ0n) is 9.14. The molecule has 0 aliphatic carbocycles. The Balaban J connectivity index is 0.00000128. The Morgan fingerprint density at radius 2 is 2.25 bits per heavy atom. The second-order valence-electron chi connectivity index (χ2n) is 4.02. The molecule has 0 amide bonds. The Morgan fingerprint density at radius 1 is 1.50 bits per heavy atom. The van der Waals surface area contributed by atoms with Crippen molar-refractivity contribution in [3.05, 3.63) is 22.7 Å². The fraction of sp³-hybridized carbons (Fsp3) is 0.400. The highest BCUT2D eigenvalue weighted by atomic mass is 35.5. The number of nitrogens with two attached hydrogens (primary N) is 1. The average molecular weight is 260 g/mol. The summed E-state index contributed by atoms with van der Waals surface area (Å²) in [4.78, 5) is 4.34. The van der Waals surface area contributed by atoms with Gasteiger partial charge in [-0.25, -0.2) is 0 Å². The van der Waals surface area contributed by atoms with Gasteiger partial charge >= 0.3 is 0 Å². The Labute approximate surface area is 104 Å². The molecule has 0 unspecified atom stereocenters. The molecule has 2 aromatic heterocycles. The van der Waals surface area contributed by atoms with E-state index in [0.717, 1.165) is 5.56 Å². The quantitative estimate of drug-likeness (QED) is 0.920. The maximum absolute atomic E-state index is 5.64. The van der Waals surface area contributed by atoms with Crippen LogP contribution in [0.3, 0.4) is 0 Å². The van der Waals surface area contributed by atoms with Crippen LogP contribution in [0, 0.1) is 0 Å². The predicted octanol–water partition coefficient (Wildman–Crippen LogP) is 2.46. The van der Waals surface area contributed by atoms with Crippen molar-refractivity contribution in [1.29, 1.82) is 0 Å². The Bertz CT molecular complexity index is 439. The van der Waals surface area contributed by atoms with Gasteiger partial charge in [0.05, 0.1) is 5.41 Å². The first kappa shape index (κ1) is 13.2. The summed E-state index contributed by atoms with van der Waals surface area (Å²) in [5.74, 6) is 1.22. The summed E-state index contributed by atoms with van der Waals surface area (Å²) >= 11 is 1.61. The molecule has 16 heavy (non-hydrogen) atoms. The molecule has 0 fully saturated rings. The third-order valence-electron chi connectivity index (χ3n) is 2.29. The highest BCUT2D eigenvalue weighted by molar-refractivity contribution is 7.08. The minimum atomic E-state index is -0.263. The van der Waals surface area contributed by atoms with Crippen LogP contribution in [0.15, 0.2) is 21.3 Å². The summed E-state index contributed by atoms with van der Waals surface area (Å²) in [5, 5.41) is 7.91. The maximum Gasteiger partial charge on any atom is 0.233 e. The van der Waals surface area contributed by atoms with Crippen LogP contribution in [0.5, 0.6) is 0 Å². The number of hydrogen-bond donors (Lipinski definition) is 1. The first-order valence-electron chi connectivity index (χ1n) is 4.70. The number of thiophene rings is 1. The minimum absolute atomic E-state index is 0. The van der Waals surface area contributed by atoms with Gasteiger partial charge in [0.15, 0.2) is 0 Å². The second kappa shape index (κ2) is 4.95. The molecular formula is C10H14ClN3OS. The monoisotopic (exact) mass is 259 g/mol. The van der Waals surface area contributed by atoms with E-state index in [1.807, 2.05) is 30.7 Å². The highest BCUT2D eigenvalue weighted by Gasteiger charge is 2.26. The third kappa shape index (κ3) is 2.42. The fourth-order valence-corrected chi connectivity index (χ4v) is 1.73. The summed E-state index contributed by atoms with van der Waals surface area (Å²) in [6, 6.07) is 1.97. The van der Waals surface area contributed by atoms with Gasteiger partial charge in [0.25, 0.3) is 0 Å². The van der Waals surface area contributed by atoms with E-state index in [2.05, 4.69) is 10.1 Å². The van der Waals surface area contributed by atoms with E-state index in [-0.39, 0.29) is 17.8 Å². The van der Waals surface area contributed by atoms with Crippen molar-refractivity contribution in [2.45, 2.75) is 19.3 Å². The van der Waals surface area contributed by atoms with Crippen LogP contribution in [0.4, 0.5) is 0 Å². The molecule has 2 heterocycles. The van der Waals surface area contributed by atoms with Crippen LogP contribution in [0.25, 0.3) is 11.4 Å². The molecule has 0 spiro atoms. The zero-order valence-corrected chi connectivity index (χ0v) is 10.8. The standard InChI is InChI=1S/C10H13N3OS.ClH/c1-10(2,6-11)9-12-8(13-14-9)7-3-4-15-5-7;/h3-5H,6,11H2,1-2H3;1H. The molecule has 0 saturated carbocycles. The summed E-state index contributed by atoms with van der Waals surface area (Å²) in [6.45, 7) is 4.45. The van der Waals surface area contributed by atoms with Gasteiger partial charge in [-0.2, -0.15) is 16.3 Å². The molecule has 0 radical (unpaired) electrons. The van der Waals surface area contributed by atoms with E-state index >= 15 is 0 Å². The van der Waals surface area contributed by atoms with Gasteiger partial charge in [0.2, 0.25) is 11.7 Å². The molecule has 2 aromatic rings. The Kier molecular flexibility index (Phi) is 4.07. The third-order valence-corrected chi connectivity index (χ3v) is 2.98. The highest BCUT2D eigenvalue weighted by Crippen LogP contribution is 2.24. The van der Waals surface area contributed by atoms with Crippen molar-refractivity contribution in [1.82, 2.24) is 10.1 Å². The van der Waals surface area contributed by atoms with E-state index in [9.17, 15) is 0 Å². The minimum Gasteiger partial charge on any atom is -0.338 e. The number of halogens is 1. The van der Waals surface area contributed by atoms with E-state index in [0.29, 0.717) is 18.3 Å². The molecule has 0 aromatic carbocycles. The van der Waals surface area contributed by atoms with Crippen LogP contribution in [-0.2, 0) is 5.41 Å². The van der Waals surface area contributed by atoms with Crippen molar-refractivity contribution in [2.24, 2.45) is 5.73 Å². The summed E-state index contributed by atoms with van der Waals surface area (Å²) < 4.78 is 5.21. The van der Waals surface area contributed by atoms with Crippen molar-refractivity contribution < 1.29 is 4.52 Å². The molecule has 0 bridgehead atoms. The smallest absolute Gasteiger partial charge is 0.233 e. The molecule has 0 aliphatic heterocycles. The molecule has 0 atom stereocenters. The number of rotatable bonds is 3. The predicted molar refractivity (Wildman–Crippen MR) is 66.9 cm³/mol. The molecule has 2 N–H and O–H groups in total. The van der Waals surface area contributed by atoms with Crippen molar-refractivity contribution in [3.63, 3.8) is 0 Å². The molecule has 88 valence electrons. The summed E-state index contributed by atoms with van der Waals surface area (Å²) in [7, 11) is 0. The fourth-order valence-electron chi connectivity index (χ4n) is 1.09. The van der Waals surface area contributed by atoms with E-state index in [4.69, 9.17) is 10.3 Å². The second-order valence-corrected chi connectivity index (χ2v) is 4.80. The van der Waals surface area contributed by atoms with Gasteiger partial charge in [0, 0.05) is 17.5 Å². The lowest BCUT2D eigenvalue weighted by Gasteiger charge is -2.15. The van der Waals surface area contributed by atoms with Crippen molar-refractivity contribution >= 4 is 23.7 Å². The van der Waals surface area contributed by atoms with Crippen LogP contribution in [0.2, 0.25) is 0 Å². The van der Waals surface area contributed by atoms with E-state index < -0.39 is 0 Å². The van der Waals surface area contributed by atoms with Crippen molar-refractivity contribution in [2.75, 3.05) is 6.54 Å². The molecular weight excluding hydrogens is 246 g/mol. The van der Waals surface area contributed by atoms with E-state index in [1.54, 1.807) is 11.3 Å². The Morgan fingerprint density at radius 3 is 2.81 bits per heavy atom. The lowest BCUT2D eigenvalue weighted by molar-refractivity contribution is 0.311. The lowest BCUT2D eigenvalue weighted by atomic mass is 9.94. The van der Waals surface area contributed by atoms with Crippen LogP contribution < -0.4 is 5.73 Å². The van der Waals surface area contributed by atoms with Gasteiger partial charge in [-0.1, -0.05) is 5.16 Å². The number of nitrogens with zero attached hydrogens (tertiary/aromatic N) is 2. The lowest BCUT2D eigenvalue weighted by Crippen LogP contribution is -2.28. The largest absolute Gasteiger partial charge is 0.338 e. The van der Waals surface area contributed by atoms with Gasteiger partial charge in [-0.3, -0.25) is 0 Å². The number of aromatic nitrogens is 2. The zero-order chi connectivity index (χ0) is 10.9. The number of hydrogen-bond acceptors (Lipinski definition) is 5. The first-order chi connectivity index (χ1) is 7.13.